The molecule has 2 nitrogen and oxygen atoms in total. The lowest BCUT2D eigenvalue weighted by Gasteiger charge is -2.12. The molecule has 0 fully saturated rings. The molecule has 0 aliphatic rings. The lowest BCUT2D eigenvalue weighted by Crippen LogP contribution is -2.06. The standard InChI is InChI=1S/C13H17O2/c1-4-11-7-6-8-13(12(11)5-2)15-10-9-14-3/h6-8H,1,5,9-10H2,2-3H3. The largest absolute Gasteiger partial charge is 0.491 e. The van der Waals surface area contributed by atoms with E-state index >= 15 is 0 Å². The van der Waals surface area contributed by atoms with Crippen molar-refractivity contribution in [2.45, 2.75) is 13.3 Å². The van der Waals surface area contributed by atoms with Crippen LogP contribution in [0.25, 0.3) is 0 Å². The molecule has 0 bridgehead atoms. The van der Waals surface area contributed by atoms with Crippen molar-refractivity contribution < 1.29 is 9.47 Å². The van der Waals surface area contributed by atoms with Gasteiger partial charge in [-0.3, -0.25) is 0 Å². The second-order valence-corrected chi connectivity index (χ2v) is 3.15. The van der Waals surface area contributed by atoms with Crippen LogP contribution in [0.2, 0.25) is 0 Å². The van der Waals surface area contributed by atoms with Gasteiger partial charge in [0.15, 0.2) is 0 Å². The first-order chi connectivity index (χ1) is 7.33. The van der Waals surface area contributed by atoms with Gasteiger partial charge in [-0.15, -0.1) is 0 Å². The predicted molar refractivity (Wildman–Crippen MR) is 61.2 cm³/mol. The van der Waals surface area contributed by atoms with Crippen molar-refractivity contribution in [2.24, 2.45) is 0 Å². The molecule has 0 heterocycles. The zero-order valence-corrected chi connectivity index (χ0v) is 9.38. The molecule has 0 saturated heterocycles. The number of ether oxygens (including phenoxy) is 2. The average Bonchev–Trinajstić information content (AvgIpc) is 2.29. The first-order valence-corrected chi connectivity index (χ1v) is 5.10. The first-order valence-electron chi connectivity index (χ1n) is 5.10. The zero-order chi connectivity index (χ0) is 11.1. The van der Waals surface area contributed by atoms with Crippen LogP contribution in [0.3, 0.4) is 0 Å². The van der Waals surface area contributed by atoms with Crippen LogP contribution in [0.1, 0.15) is 18.1 Å². The van der Waals surface area contributed by atoms with E-state index in [0.29, 0.717) is 13.2 Å². The smallest absolute Gasteiger partial charge is 0.123 e. The highest BCUT2D eigenvalue weighted by Gasteiger charge is 2.05. The molecule has 0 N–H and O–H groups in total. The SMILES string of the molecule is C=[C]c1cccc(OCCOC)c1CC. The van der Waals surface area contributed by atoms with Gasteiger partial charge in [-0.1, -0.05) is 25.6 Å². The van der Waals surface area contributed by atoms with Crippen molar-refractivity contribution in [1.82, 2.24) is 0 Å². The van der Waals surface area contributed by atoms with E-state index in [-0.39, 0.29) is 0 Å². The van der Waals surface area contributed by atoms with E-state index < -0.39 is 0 Å². The Hall–Kier alpha value is -1.28. The normalized spacial score (nSPS) is 10.0. The van der Waals surface area contributed by atoms with Gasteiger partial charge in [-0.25, -0.2) is 0 Å². The third-order valence-corrected chi connectivity index (χ3v) is 2.22. The van der Waals surface area contributed by atoms with Crippen molar-refractivity contribution in [1.29, 1.82) is 0 Å². The van der Waals surface area contributed by atoms with E-state index in [1.54, 1.807) is 7.11 Å². The summed E-state index contributed by atoms with van der Waals surface area (Å²) in [6.07, 6.45) is 3.83. The molecule has 81 valence electrons. The summed E-state index contributed by atoms with van der Waals surface area (Å²) >= 11 is 0. The Morgan fingerprint density at radius 2 is 2.13 bits per heavy atom. The van der Waals surface area contributed by atoms with Gasteiger partial charge in [0.1, 0.15) is 12.4 Å². The molecule has 2 heteroatoms. The van der Waals surface area contributed by atoms with Crippen molar-refractivity contribution in [3.05, 3.63) is 42.0 Å². The van der Waals surface area contributed by atoms with Crippen LogP contribution in [-0.2, 0) is 11.2 Å². The maximum atomic E-state index is 5.62. The van der Waals surface area contributed by atoms with Crippen LogP contribution in [0, 0.1) is 6.08 Å². The van der Waals surface area contributed by atoms with Crippen LogP contribution in [-0.4, -0.2) is 20.3 Å². The fraction of sp³-hybridized carbons (Fsp3) is 0.385. The molecule has 0 saturated carbocycles. The molecule has 1 radical (unpaired) electrons. The van der Waals surface area contributed by atoms with Gasteiger partial charge in [-0.05, 0) is 24.1 Å². The van der Waals surface area contributed by atoms with E-state index in [9.17, 15) is 0 Å². The van der Waals surface area contributed by atoms with E-state index in [2.05, 4.69) is 19.6 Å². The van der Waals surface area contributed by atoms with E-state index in [1.807, 2.05) is 18.2 Å². The Morgan fingerprint density at radius 1 is 1.33 bits per heavy atom. The second kappa shape index (κ2) is 6.25. The summed E-state index contributed by atoms with van der Waals surface area (Å²) in [7, 11) is 1.66. The van der Waals surface area contributed by atoms with Gasteiger partial charge in [0.25, 0.3) is 0 Å². The zero-order valence-electron chi connectivity index (χ0n) is 9.38. The summed E-state index contributed by atoms with van der Waals surface area (Å²) in [5, 5.41) is 0. The lowest BCUT2D eigenvalue weighted by molar-refractivity contribution is 0.146. The highest BCUT2D eigenvalue weighted by Crippen LogP contribution is 2.23. The fourth-order valence-electron chi connectivity index (χ4n) is 1.47. The molecular weight excluding hydrogens is 188 g/mol. The Labute approximate surface area is 91.5 Å². The number of hydrogen-bond acceptors (Lipinski definition) is 2. The van der Waals surface area contributed by atoms with Crippen LogP contribution < -0.4 is 4.74 Å². The minimum absolute atomic E-state index is 0.574. The predicted octanol–water partition coefficient (Wildman–Crippen LogP) is 2.61. The van der Waals surface area contributed by atoms with Gasteiger partial charge in [0.05, 0.1) is 6.61 Å². The van der Waals surface area contributed by atoms with Gasteiger partial charge < -0.3 is 9.47 Å². The van der Waals surface area contributed by atoms with Crippen molar-refractivity contribution in [3.63, 3.8) is 0 Å². The summed E-state index contributed by atoms with van der Waals surface area (Å²) in [6, 6.07) is 5.92. The summed E-state index contributed by atoms with van der Waals surface area (Å²) < 4.78 is 10.6. The van der Waals surface area contributed by atoms with Crippen LogP contribution in [0.4, 0.5) is 0 Å². The molecule has 0 amide bonds. The van der Waals surface area contributed by atoms with Gasteiger partial charge >= 0.3 is 0 Å². The van der Waals surface area contributed by atoms with Crippen molar-refractivity contribution in [3.8, 4) is 5.75 Å². The summed E-state index contributed by atoms with van der Waals surface area (Å²) in [4.78, 5) is 0. The highest BCUT2D eigenvalue weighted by atomic mass is 16.5. The van der Waals surface area contributed by atoms with E-state index in [0.717, 1.165) is 23.3 Å². The molecule has 0 atom stereocenters. The molecule has 0 aromatic heterocycles. The van der Waals surface area contributed by atoms with E-state index in [1.165, 1.54) is 0 Å². The first kappa shape index (κ1) is 11.8. The number of rotatable bonds is 6. The van der Waals surface area contributed by atoms with Crippen molar-refractivity contribution >= 4 is 0 Å². The van der Waals surface area contributed by atoms with Gasteiger partial charge in [0, 0.05) is 12.7 Å². The summed E-state index contributed by atoms with van der Waals surface area (Å²) in [6.45, 7) is 6.94. The van der Waals surface area contributed by atoms with E-state index in [4.69, 9.17) is 9.47 Å². The minimum atomic E-state index is 0.574. The molecule has 0 unspecified atom stereocenters. The topological polar surface area (TPSA) is 18.5 Å². The Morgan fingerprint density at radius 3 is 2.73 bits per heavy atom. The monoisotopic (exact) mass is 205 g/mol. The van der Waals surface area contributed by atoms with Gasteiger partial charge in [-0.2, -0.15) is 0 Å². The van der Waals surface area contributed by atoms with Crippen LogP contribution >= 0.6 is 0 Å². The molecule has 1 aromatic carbocycles. The van der Waals surface area contributed by atoms with Crippen LogP contribution in [0.15, 0.2) is 24.8 Å². The third kappa shape index (κ3) is 3.10. The fourth-order valence-corrected chi connectivity index (χ4v) is 1.47. The molecular formula is C13H17O2. The lowest BCUT2D eigenvalue weighted by atomic mass is 10.0. The number of hydrogen-bond donors (Lipinski definition) is 0. The maximum absolute atomic E-state index is 5.62. The minimum Gasteiger partial charge on any atom is -0.491 e. The molecule has 1 aromatic rings. The molecule has 15 heavy (non-hydrogen) atoms. The highest BCUT2D eigenvalue weighted by molar-refractivity contribution is 5.42. The average molecular weight is 205 g/mol. The quantitative estimate of drug-likeness (QED) is 0.665. The maximum Gasteiger partial charge on any atom is 0.123 e. The molecule has 0 aliphatic heterocycles. The Kier molecular flexibility index (Phi) is 4.91. The number of benzene rings is 1. The van der Waals surface area contributed by atoms with Crippen molar-refractivity contribution in [2.75, 3.05) is 20.3 Å². The summed E-state index contributed by atoms with van der Waals surface area (Å²) in [5.74, 6) is 0.906. The molecule has 0 aliphatic carbocycles. The molecule has 1 rings (SSSR count). The van der Waals surface area contributed by atoms with Gasteiger partial charge in [0.2, 0.25) is 0 Å². The third-order valence-electron chi connectivity index (χ3n) is 2.22. The Balaban J connectivity index is 2.81. The summed E-state index contributed by atoms with van der Waals surface area (Å²) in [5.41, 5.74) is 2.18. The van der Waals surface area contributed by atoms with Crippen LogP contribution in [0.5, 0.6) is 5.75 Å². The Bertz CT molecular complexity index is 318. The second-order valence-electron chi connectivity index (χ2n) is 3.15. The number of methoxy groups -OCH3 is 1. The molecule has 0 spiro atoms.